The Hall–Kier alpha value is -3.50. The second-order valence-electron chi connectivity index (χ2n) is 5.76. The van der Waals surface area contributed by atoms with Crippen LogP contribution in [0, 0.1) is 28.4 Å². The van der Waals surface area contributed by atoms with Gasteiger partial charge in [-0.2, -0.15) is 5.26 Å². The lowest BCUT2D eigenvalue weighted by Crippen LogP contribution is -1.94. The van der Waals surface area contributed by atoms with Gasteiger partial charge in [0.2, 0.25) is 0 Å². The van der Waals surface area contributed by atoms with Gasteiger partial charge in [0.25, 0.3) is 0 Å². The molecule has 0 amide bonds. The summed E-state index contributed by atoms with van der Waals surface area (Å²) >= 11 is 1.36. The predicted molar refractivity (Wildman–Crippen MR) is 105 cm³/mol. The van der Waals surface area contributed by atoms with Gasteiger partial charge in [0.1, 0.15) is 11.1 Å². The first-order valence-corrected chi connectivity index (χ1v) is 8.87. The van der Waals surface area contributed by atoms with E-state index in [1.807, 2.05) is 36.6 Å². The zero-order valence-electron chi connectivity index (χ0n) is 14.7. The van der Waals surface area contributed by atoms with Crippen LogP contribution in [0.4, 0.5) is 5.69 Å². The molecule has 0 aliphatic heterocycles. The SMILES string of the molecule is COc1ccc(/C=C(\C#N)c2nc(-c3ccc(C)cc3)cs2)cc1[N+](=O)[O-]. The highest BCUT2D eigenvalue weighted by atomic mass is 32.1. The average molecular weight is 377 g/mol. The summed E-state index contributed by atoms with van der Waals surface area (Å²) in [4.78, 5) is 15.2. The number of hydrogen-bond donors (Lipinski definition) is 0. The third-order valence-corrected chi connectivity index (χ3v) is 4.79. The summed E-state index contributed by atoms with van der Waals surface area (Å²) in [5.41, 5.74) is 3.65. The molecule has 0 saturated heterocycles. The van der Waals surface area contributed by atoms with Crippen LogP contribution < -0.4 is 4.74 Å². The fourth-order valence-electron chi connectivity index (χ4n) is 2.50. The third kappa shape index (κ3) is 4.02. The lowest BCUT2D eigenvalue weighted by atomic mass is 10.1. The summed E-state index contributed by atoms with van der Waals surface area (Å²) in [6.45, 7) is 2.01. The summed E-state index contributed by atoms with van der Waals surface area (Å²) < 4.78 is 5.00. The minimum atomic E-state index is -0.513. The Bertz CT molecular complexity index is 1060. The van der Waals surface area contributed by atoms with E-state index in [0.29, 0.717) is 16.1 Å². The van der Waals surface area contributed by atoms with Crippen LogP contribution in [0.5, 0.6) is 5.75 Å². The molecule has 3 aromatic rings. The molecule has 0 saturated carbocycles. The molecule has 2 aromatic carbocycles. The van der Waals surface area contributed by atoms with Crippen LogP contribution in [0.25, 0.3) is 22.9 Å². The number of benzene rings is 2. The molecule has 0 N–H and O–H groups in total. The highest BCUT2D eigenvalue weighted by molar-refractivity contribution is 7.11. The minimum Gasteiger partial charge on any atom is -0.490 e. The van der Waals surface area contributed by atoms with Crippen molar-refractivity contribution in [1.29, 1.82) is 5.26 Å². The summed E-state index contributed by atoms with van der Waals surface area (Å²) in [6.07, 6.45) is 1.59. The maximum absolute atomic E-state index is 11.2. The van der Waals surface area contributed by atoms with E-state index in [1.165, 1.54) is 30.6 Å². The molecule has 6 nitrogen and oxygen atoms in total. The summed E-state index contributed by atoms with van der Waals surface area (Å²) in [5.74, 6) is 0.173. The fraction of sp³-hybridized carbons (Fsp3) is 0.100. The number of nitro benzene ring substituents is 1. The maximum Gasteiger partial charge on any atom is 0.311 e. The van der Waals surface area contributed by atoms with Gasteiger partial charge in [-0.1, -0.05) is 35.9 Å². The average Bonchev–Trinajstić information content (AvgIpc) is 3.16. The first-order chi connectivity index (χ1) is 13.0. The van der Waals surface area contributed by atoms with Crippen LogP contribution in [0.15, 0.2) is 47.8 Å². The van der Waals surface area contributed by atoms with Crippen LogP contribution in [0.1, 0.15) is 16.1 Å². The van der Waals surface area contributed by atoms with Crippen LogP contribution in [0.3, 0.4) is 0 Å². The van der Waals surface area contributed by atoms with Crippen molar-refractivity contribution in [3.8, 4) is 23.1 Å². The molecule has 0 fully saturated rings. The Balaban J connectivity index is 1.96. The van der Waals surface area contributed by atoms with Crippen LogP contribution >= 0.6 is 11.3 Å². The zero-order chi connectivity index (χ0) is 19.4. The van der Waals surface area contributed by atoms with Gasteiger partial charge in [0.05, 0.1) is 23.3 Å². The normalized spacial score (nSPS) is 11.1. The summed E-state index contributed by atoms with van der Waals surface area (Å²) in [6, 6.07) is 14.7. The summed E-state index contributed by atoms with van der Waals surface area (Å²) in [7, 11) is 1.38. The third-order valence-electron chi connectivity index (χ3n) is 3.91. The number of rotatable bonds is 5. The van der Waals surface area contributed by atoms with Crippen LogP contribution in [0.2, 0.25) is 0 Å². The topological polar surface area (TPSA) is 89.0 Å². The molecule has 0 aliphatic carbocycles. The molecule has 0 radical (unpaired) electrons. The van der Waals surface area contributed by atoms with Gasteiger partial charge in [-0.15, -0.1) is 11.3 Å². The Morgan fingerprint density at radius 1 is 1.30 bits per heavy atom. The van der Waals surface area contributed by atoms with Crippen LogP contribution in [-0.4, -0.2) is 17.0 Å². The monoisotopic (exact) mass is 377 g/mol. The highest BCUT2D eigenvalue weighted by Gasteiger charge is 2.15. The Kier molecular flexibility index (Phi) is 5.29. The van der Waals surface area contributed by atoms with Crippen molar-refractivity contribution in [2.75, 3.05) is 7.11 Å². The number of hydrogen-bond acceptors (Lipinski definition) is 6. The van der Waals surface area contributed by atoms with E-state index < -0.39 is 4.92 Å². The number of nitro groups is 1. The minimum absolute atomic E-state index is 0.150. The van der Waals surface area contributed by atoms with Crippen molar-refractivity contribution in [2.45, 2.75) is 6.92 Å². The zero-order valence-corrected chi connectivity index (χ0v) is 15.5. The molecule has 0 aliphatic rings. The molecule has 3 rings (SSSR count). The number of nitrogens with zero attached hydrogens (tertiary/aromatic N) is 3. The molecule has 0 unspecified atom stereocenters. The molecule has 1 heterocycles. The van der Waals surface area contributed by atoms with Gasteiger partial charge in [-0.25, -0.2) is 4.98 Å². The molecule has 27 heavy (non-hydrogen) atoms. The predicted octanol–water partition coefficient (Wildman–Crippen LogP) is 5.10. The molecule has 7 heteroatoms. The van der Waals surface area contributed by atoms with Gasteiger partial charge in [-0.05, 0) is 24.6 Å². The number of methoxy groups -OCH3 is 1. The van der Waals surface area contributed by atoms with E-state index in [9.17, 15) is 15.4 Å². The molecule has 0 spiro atoms. The molecular formula is C20H15N3O3S. The second kappa shape index (κ2) is 7.81. The molecule has 134 valence electrons. The van der Waals surface area contributed by atoms with Crippen molar-refractivity contribution in [3.05, 3.63) is 74.1 Å². The lowest BCUT2D eigenvalue weighted by Gasteiger charge is -2.02. The van der Waals surface area contributed by atoms with E-state index in [-0.39, 0.29) is 11.4 Å². The van der Waals surface area contributed by atoms with Crippen LogP contribution in [-0.2, 0) is 0 Å². The van der Waals surface area contributed by atoms with Crippen molar-refractivity contribution < 1.29 is 9.66 Å². The van der Waals surface area contributed by atoms with Gasteiger partial charge in [-0.3, -0.25) is 10.1 Å². The standard InChI is InChI=1S/C20H15N3O3S/c1-13-3-6-15(7-4-13)17-12-27-20(22-17)16(11-21)9-14-5-8-19(26-2)18(10-14)23(24)25/h3-10,12H,1-2H3/b16-9+. The molecule has 0 bridgehead atoms. The number of nitriles is 1. The van der Waals surface area contributed by atoms with E-state index in [0.717, 1.165) is 16.8 Å². The highest BCUT2D eigenvalue weighted by Crippen LogP contribution is 2.31. The molecule has 0 atom stereocenters. The lowest BCUT2D eigenvalue weighted by molar-refractivity contribution is -0.385. The van der Waals surface area contributed by atoms with Gasteiger partial charge < -0.3 is 4.74 Å². The van der Waals surface area contributed by atoms with E-state index in [1.54, 1.807) is 12.1 Å². The molecule has 1 aromatic heterocycles. The van der Waals surface area contributed by atoms with Gasteiger partial charge in [0, 0.05) is 17.0 Å². The van der Waals surface area contributed by atoms with E-state index in [2.05, 4.69) is 11.1 Å². The first kappa shape index (κ1) is 18.3. The van der Waals surface area contributed by atoms with Crippen molar-refractivity contribution in [1.82, 2.24) is 4.98 Å². The van der Waals surface area contributed by atoms with E-state index in [4.69, 9.17) is 4.74 Å². The summed E-state index contributed by atoms with van der Waals surface area (Å²) in [5, 5.41) is 23.2. The Morgan fingerprint density at radius 2 is 2.04 bits per heavy atom. The second-order valence-corrected chi connectivity index (χ2v) is 6.62. The van der Waals surface area contributed by atoms with Crippen molar-refractivity contribution in [3.63, 3.8) is 0 Å². The number of allylic oxidation sites excluding steroid dienone is 1. The Labute approximate surface area is 160 Å². The molecular weight excluding hydrogens is 362 g/mol. The maximum atomic E-state index is 11.2. The van der Waals surface area contributed by atoms with Gasteiger partial charge >= 0.3 is 5.69 Å². The quantitative estimate of drug-likeness (QED) is 0.351. The van der Waals surface area contributed by atoms with Crippen molar-refractivity contribution in [2.24, 2.45) is 0 Å². The largest absolute Gasteiger partial charge is 0.490 e. The Morgan fingerprint density at radius 3 is 2.67 bits per heavy atom. The first-order valence-electron chi connectivity index (χ1n) is 7.99. The van der Waals surface area contributed by atoms with Gasteiger partial charge in [0.15, 0.2) is 5.75 Å². The number of aromatic nitrogens is 1. The number of ether oxygens (including phenoxy) is 1. The smallest absolute Gasteiger partial charge is 0.311 e. The van der Waals surface area contributed by atoms with Crippen molar-refractivity contribution >= 4 is 28.7 Å². The fourth-order valence-corrected chi connectivity index (χ4v) is 3.30. The number of thiazole rings is 1. The van der Waals surface area contributed by atoms with E-state index >= 15 is 0 Å². The number of aryl methyl sites for hydroxylation is 1.